The highest BCUT2D eigenvalue weighted by molar-refractivity contribution is 7.92. The van der Waals surface area contributed by atoms with Crippen LogP contribution in [-0.2, 0) is 33.4 Å². The molecule has 0 saturated carbocycles. The Kier molecular flexibility index (Phi) is 30.5. The van der Waals surface area contributed by atoms with Gasteiger partial charge in [0.25, 0.3) is 0 Å². The molecule has 2 aromatic heterocycles. The Labute approximate surface area is 713 Å². The molecule has 2 unspecified atom stereocenters. The Balaban J connectivity index is 0.000000177. The van der Waals surface area contributed by atoms with Gasteiger partial charge in [0.05, 0.1) is 76.3 Å². The van der Waals surface area contributed by atoms with E-state index in [4.69, 9.17) is 42.4 Å². The van der Waals surface area contributed by atoms with Gasteiger partial charge >= 0.3 is 0 Å². The number of ether oxygens (including phenoxy) is 3. The fourth-order valence-corrected chi connectivity index (χ4v) is 20.4. The van der Waals surface area contributed by atoms with Crippen LogP contribution in [0.1, 0.15) is 78.7 Å². The number of hydrogen-bond donors (Lipinski definition) is 6. The van der Waals surface area contributed by atoms with Crippen molar-refractivity contribution in [3.8, 4) is 17.2 Å². The number of piperazine rings is 1. The van der Waals surface area contributed by atoms with E-state index in [1.807, 2.05) is 43.3 Å². The first-order valence-electron chi connectivity index (χ1n) is 40.3. The number of benzene rings is 6. The maximum absolute atomic E-state index is 13.6. The number of piperidine rings is 3. The molecular formula is C85H116Cl2N17O10P3S2. The second kappa shape index (κ2) is 39.7. The minimum absolute atomic E-state index is 0.200. The Morgan fingerprint density at radius 1 is 0.496 bits per heavy atom. The Bertz CT molecular complexity index is 5330. The van der Waals surface area contributed by atoms with E-state index in [1.165, 1.54) is 64.9 Å². The monoisotopic (exact) mass is 1760 g/mol. The Hall–Kier alpha value is -8.33. The van der Waals surface area contributed by atoms with E-state index in [2.05, 4.69) is 107 Å². The first-order chi connectivity index (χ1) is 56.4. The zero-order chi connectivity index (χ0) is 85.9. The third kappa shape index (κ3) is 23.5. The largest absolute Gasteiger partial charge is 0.495 e. The van der Waals surface area contributed by atoms with Crippen LogP contribution in [0.4, 0.5) is 69.0 Å². The summed E-state index contributed by atoms with van der Waals surface area (Å²) in [5, 5.41) is 20.0. The van der Waals surface area contributed by atoms with Gasteiger partial charge in [0, 0.05) is 121 Å². The van der Waals surface area contributed by atoms with E-state index in [0.29, 0.717) is 74.7 Å². The van der Waals surface area contributed by atoms with Crippen LogP contribution in [0.5, 0.6) is 17.2 Å². The van der Waals surface area contributed by atoms with Gasteiger partial charge in [-0.3, -0.25) is 4.90 Å². The number of nitrogens with one attached hydrogen (secondary N) is 6. The molecule has 0 bridgehead atoms. The van der Waals surface area contributed by atoms with Crippen molar-refractivity contribution in [2.45, 2.75) is 124 Å². The number of aliphatic imine (C=N–C) groups is 2. The lowest BCUT2D eigenvalue weighted by atomic mass is 9.95. The van der Waals surface area contributed by atoms with Gasteiger partial charge in [-0.15, -0.1) is 11.6 Å². The van der Waals surface area contributed by atoms with Crippen LogP contribution in [0.3, 0.4) is 0 Å². The zero-order valence-electron chi connectivity index (χ0n) is 71.1. The maximum Gasteiger partial charge on any atom is 0.229 e. The van der Waals surface area contributed by atoms with E-state index in [0.717, 1.165) is 105 Å². The molecule has 6 N–H and O–H groups in total. The number of aryl methyl sites for hydroxylation is 1. The van der Waals surface area contributed by atoms with Gasteiger partial charge in [0.15, 0.2) is 25.5 Å². The fourth-order valence-electron chi connectivity index (χ4n) is 14.8. The van der Waals surface area contributed by atoms with Crippen LogP contribution in [0.15, 0.2) is 153 Å². The number of hydrogen-bond acceptors (Lipinski definition) is 27. The lowest BCUT2D eigenvalue weighted by Crippen LogP contribution is -2.52. The van der Waals surface area contributed by atoms with Gasteiger partial charge in [-0.2, -0.15) is 9.97 Å². The summed E-state index contributed by atoms with van der Waals surface area (Å²) in [5.41, 5.74) is 6.40. The highest BCUT2D eigenvalue weighted by atomic mass is 35.5. The third-order valence-electron chi connectivity index (χ3n) is 22.2. The SMILES string of the molecule is COc1cc(N2CCC(N3CCC(C)CC3)CC2)ccc1NC1=NC(Nc2ccccc2P(C)(C)=O)C(Cl)C=N1.COc1cc(P(C)(C)=O)ccc1Nc1ncc(C)c(Nc2ccccc2S(=O)(=O)C(C)C)n1.COc1cc(P(C)(C)=O)ccc1Nc1ncc(Cl)c(Nc2ccc(N3CCC(N4CCN(C)CC4)CC3)cc2S(=O)(=O)C(C)C)n1. The highest BCUT2D eigenvalue weighted by Crippen LogP contribution is 2.43. The summed E-state index contributed by atoms with van der Waals surface area (Å²) >= 11 is 13.1. The molecule has 4 fully saturated rings. The number of aromatic nitrogens is 4. The Morgan fingerprint density at radius 3 is 1.49 bits per heavy atom. The summed E-state index contributed by atoms with van der Waals surface area (Å²) in [4.78, 5) is 39.7. The van der Waals surface area contributed by atoms with E-state index in [-0.39, 0.29) is 26.6 Å². The van der Waals surface area contributed by atoms with E-state index < -0.39 is 63.1 Å². The number of methoxy groups -OCH3 is 3. The van der Waals surface area contributed by atoms with Gasteiger partial charge in [-0.25, -0.2) is 36.8 Å². The van der Waals surface area contributed by atoms with Crippen LogP contribution < -0.4 is 71.8 Å². The summed E-state index contributed by atoms with van der Waals surface area (Å²) < 4.78 is 107. The van der Waals surface area contributed by atoms with E-state index >= 15 is 0 Å². The number of sulfone groups is 2. The number of halogens is 2. The number of rotatable bonds is 25. The summed E-state index contributed by atoms with van der Waals surface area (Å²) in [7, 11) is -7.62. The van der Waals surface area contributed by atoms with Gasteiger partial charge in [0.1, 0.15) is 61.1 Å². The molecule has 5 aliphatic rings. The molecule has 119 heavy (non-hydrogen) atoms. The fraction of sp³-hybridized carbons (Fsp3) is 0.459. The molecule has 8 aromatic rings. The van der Waals surface area contributed by atoms with E-state index in [1.54, 1.807) is 160 Å². The topological polar surface area (TPSA) is 312 Å². The van der Waals surface area contributed by atoms with Crippen LogP contribution in [0.25, 0.3) is 0 Å². The van der Waals surface area contributed by atoms with Crippen LogP contribution in [0.2, 0.25) is 5.02 Å². The van der Waals surface area contributed by atoms with Crippen molar-refractivity contribution in [1.82, 2.24) is 34.6 Å². The number of alkyl halides is 1. The molecule has 0 spiro atoms. The predicted molar refractivity (Wildman–Crippen MR) is 493 cm³/mol. The van der Waals surface area contributed by atoms with Gasteiger partial charge in [-0.05, 0) is 230 Å². The smallest absolute Gasteiger partial charge is 0.229 e. The molecular weight excluding hydrogens is 1650 g/mol. The average molecular weight is 1760 g/mol. The number of para-hydroxylation sites is 2. The molecule has 7 heterocycles. The molecule has 4 saturated heterocycles. The second-order valence-electron chi connectivity index (χ2n) is 32.6. The summed E-state index contributed by atoms with van der Waals surface area (Å²) in [6, 6.07) is 38.0. The normalized spacial score (nSPS) is 17.8. The van der Waals surface area contributed by atoms with Crippen LogP contribution in [0, 0.1) is 12.8 Å². The van der Waals surface area contributed by atoms with Crippen molar-refractivity contribution >= 4 is 161 Å². The first kappa shape index (κ1) is 91.4. The molecule has 34 heteroatoms. The van der Waals surface area contributed by atoms with Crippen molar-refractivity contribution in [1.29, 1.82) is 0 Å². The average Bonchev–Trinajstić information content (AvgIpc) is 0.782. The summed E-state index contributed by atoms with van der Waals surface area (Å²) in [6.07, 6.45) is 11.4. The minimum Gasteiger partial charge on any atom is -0.495 e. The molecule has 13 rings (SSSR count). The summed E-state index contributed by atoms with van der Waals surface area (Å²) in [6.45, 7) is 31.9. The van der Waals surface area contributed by atoms with Gasteiger partial charge in [0.2, 0.25) is 17.9 Å². The summed E-state index contributed by atoms with van der Waals surface area (Å²) in [5.74, 6) is 4.30. The molecule has 5 aliphatic heterocycles. The number of guanidine groups is 1. The van der Waals surface area contributed by atoms with Crippen molar-refractivity contribution in [3.63, 3.8) is 0 Å². The van der Waals surface area contributed by atoms with Crippen LogP contribution in [-0.4, -0.2) is 232 Å². The molecule has 642 valence electrons. The molecule has 0 amide bonds. The number of likely N-dealkylation sites (N-methyl/N-ethyl adjacent to an activating group) is 1. The van der Waals surface area contributed by atoms with Crippen molar-refractivity contribution in [2.24, 2.45) is 15.9 Å². The van der Waals surface area contributed by atoms with Gasteiger partial charge in [-0.1, -0.05) is 42.8 Å². The van der Waals surface area contributed by atoms with Gasteiger partial charge < -0.3 is 79.4 Å². The van der Waals surface area contributed by atoms with Crippen molar-refractivity contribution < 1.29 is 44.7 Å². The number of nitrogens with zero attached hydrogens (tertiary/aromatic N) is 11. The predicted octanol–water partition coefficient (Wildman–Crippen LogP) is 15.5. The minimum atomic E-state index is -3.66. The van der Waals surface area contributed by atoms with E-state index in [9.17, 15) is 30.5 Å². The quantitative estimate of drug-likeness (QED) is 0.0229. The Morgan fingerprint density at radius 2 is 0.950 bits per heavy atom. The molecule has 0 aliphatic carbocycles. The van der Waals surface area contributed by atoms with Crippen molar-refractivity contribution in [3.05, 3.63) is 144 Å². The van der Waals surface area contributed by atoms with Crippen molar-refractivity contribution in [2.75, 3.05) is 176 Å². The molecule has 27 nitrogen and oxygen atoms in total. The molecule has 6 aromatic carbocycles. The first-order valence-corrected chi connectivity index (χ1v) is 52.0. The zero-order valence-corrected chi connectivity index (χ0v) is 76.9. The molecule has 2 atom stereocenters. The molecule has 0 radical (unpaired) electrons. The number of likely N-dealkylation sites (tertiary alicyclic amines) is 1. The van der Waals surface area contributed by atoms with Crippen LogP contribution >= 0.6 is 44.6 Å². The number of anilines is 12. The highest BCUT2D eigenvalue weighted by Gasteiger charge is 2.33. The second-order valence-corrected chi connectivity index (χ2v) is 48.1. The maximum atomic E-state index is 13.6. The standard InChI is InChI=1S/C32H45ClN7O4PS.C30H42ClN6O2P.C23H29N4O4PS/c1-22(2)46(42,43)30-19-24(39-13-11-23(12-14-39)40-17-15-38(3)16-18-40)7-9-28(30)35-31-26(33)21-34-32(37-31)36-27-10-8-25(45(5,6)41)20-29(27)44-4;1-21-11-15-36(16-12-21)22-13-17-37(18-14-22)23-9-10-25(27(19-23)39-2)34-30-32-20-24(31)29(35-30)33-26-7-5-6-8-28(26)40(3,4)38;1-15(2)33(29,30)21-10-8-7-9-19(21)25-22-16(3)14-24-23(27-22)26-18-12-11-17(32(5,6)28)13-20(18)31-4/h7-10,19-23H,11-18H2,1-6H3,(H2,34,35,36,37);5-10,19-22,24,29,33H,11-18H2,1-4H3,(H,34,35);7-15H,1-6H3,(H2,24,25,26,27). The lowest BCUT2D eigenvalue weighted by Gasteiger charge is -2.42. The lowest BCUT2D eigenvalue weighted by molar-refractivity contribution is 0.0982. The third-order valence-corrected chi connectivity index (χ3v) is 31.8.